The lowest BCUT2D eigenvalue weighted by Crippen LogP contribution is -2.55. The summed E-state index contributed by atoms with van der Waals surface area (Å²) in [7, 11) is 6.49. The van der Waals surface area contributed by atoms with Crippen molar-refractivity contribution in [3.8, 4) is 0 Å². The van der Waals surface area contributed by atoms with Crippen molar-refractivity contribution in [1.29, 1.82) is 0 Å². The van der Waals surface area contributed by atoms with Crippen molar-refractivity contribution in [2.24, 2.45) is 5.92 Å². The van der Waals surface area contributed by atoms with Crippen molar-refractivity contribution in [2.75, 3.05) is 73.5 Å². The van der Waals surface area contributed by atoms with Gasteiger partial charge in [-0.15, -0.1) is 0 Å². The maximum absolute atomic E-state index is 12.4. The van der Waals surface area contributed by atoms with Crippen LogP contribution in [0.1, 0.15) is 19.8 Å². The fraction of sp³-hybridized carbons (Fsp3) is 0.941. The second-order valence-corrected chi connectivity index (χ2v) is 7.45. The van der Waals surface area contributed by atoms with E-state index in [2.05, 4.69) is 48.1 Å². The molecule has 0 bridgehead atoms. The molecule has 134 valence electrons. The second kappa shape index (κ2) is 8.85. The van der Waals surface area contributed by atoms with Crippen LogP contribution < -0.4 is 5.32 Å². The van der Waals surface area contributed by atoms with Crippen LogP contribution in [0, 0.1) is 5.92 Å². The van der Waals surface area contributed by atoms with Crippen molar-refractivity contribution in [3.05, 3.63) is 0 Å². The highest BCUT2D eigenvalue weighted by Crippen LogP contribution is 2.17. The molecule has 2 amide bonds. The van der Waals surface area contributed by atoms with E-state index in [0.29, 0.717) is 12.0 Å². The number of hydrogen-bond acceptors (Lipinski definition) is 4. The third-order valence-corrected chi connectivity index (χ3v) is 5.22. The summed E-state index contributed by atoms with van der Waals surface area (Å²) in [5.41, 5.74) is 0. The number of likely N-dealkylation sites (tertiary alicyclic amines) is 1. The number of rotatable bonds is 6. The van der Waals surface area contributed by atoms with Crippen LogP contribution in [0.25, 0.3) is 0 Å². The molecule has 0 aromatic rings. The van der Waals surface area contributed by atoms with Crippen LogP contribution in [0.3, 0.4) is 0 Å². The van der Waals surface area contributed by atoms with E-state index in [0.717, 1.165) is 58.8 Å². The minimum Gasteiger partial charge on any atom is -0.336 e. The summed E-state index contributed by atoms with van der Waals surface area (Å²) in [5, 5.41) is 3.15. The molecule has 6 nitrogen and oxygen atoms in total. The number of nitrogens with one attached hydrogen (secondary N) is 1. The van der Waals surface area contributed by atoms with E-state index in [4.69, 9.17) is 0 Å². The zero-order valence-electron chi connectivity index (χ0n) is 15.4. The predicted molar refractivity (Wildman–Crippen MR) is 94.8 cm³/mol. The molecule has 2 saturated heterocycles. The van der Waals surface area contributed by atoms with Gasteiger partial charge in [-0.1, -0.05) is 6.92 Å². The number of nitrogens with zero attached hydrogens (tertiary/aromatic N) is 4. The van der Waals surface area contributed by atoms with Crippen molar-refractivity contribution < 1.29 is 4.79 Å². The molecule has 2 aliphatic heterocycles. The Bertz CT molecular complexity index is 378. The summed E-state index contributed by atoms with van der Waals surface area (Å²) >= 11 is 0. The summed E-state index contributed by atoms with van der Waals surface area (Å²) in [6.45, 7) is 10.2. The number of carbonyl (C=O) groups excluding carboxylic acids is 1. The van der Waals surface area contributed by atoms with Gasteiger partial charge in [0.25, 0.3) is 0 Å². The molecular weight excluding hydrogens is 290 g/mol. The SMILES string of the molecule is CCCN(C)C[C@H]1CCN(C(=O)NC[C@H]2CN(C)CCN2C)C1. The Morgan fingerprint density at radius 1 is 1.22 bits per heavy atom. The summed E-state index contributed by atoms with van der Waals surface area (Å²) in [5.74, 6) is 0.626. The first kappa shape index (κ1) is 18.5. The van der Waals surface area contributed by atoms with Gasteiger partial charge in [0, 0.05) is 51.9 Å². The van der Waals surface area contributed by atoms with Crippen LogP contribution in [0.4, 0.5) is 4.79 Å². The zero-order chi connectivity index (χ0) is 16.8. The van der Waals surface area contributed by atoms with E-state index < -0.39 is 0 Å². The normalized spacial score (nSPS) is 26.9. The van der Waals surface area contributed by atoms with Gasteiger partial charge >= 0.3 is 6.03 Å². The Morgan fingerprint density at radius 3 is 2.74 bits per heavy atom. The van der Waals surface area contributed by atoms with Crippen LogP contribution in [-0.4, -0.2) is 105 Å². The second-order valence-electron chi connectivity index (χ2n) is 7.45. The zero-order valence-corrected chi connectivity index (χ0v) is 15.4. The molecule has 2 atom stereocenters. The number of likely N-dealkylation sites (N-methyl/N-ethyl adjacent to an activating group) is 2. The first-order chi connectivity index (χ1) is 11.0. The highest BCUT2D eigenvalue weighted by molar-refractivity contribution is 5.74. The van der Waals surface area contributed by atoms with Gasteiger partial charge < -0.3 is 20.0 Å². The Balaban J connectivity index is 1.70. The Hall–Kier alpha value is -0.850. The van der Waals surface area contributed by atoms with Crippen LogP contribution >= 0.6 is 0 Å². The summed E-state index contributed by atoms with van der Waals surface area (Å²) < 4.78 is 0. The maximum atomic E-state index is 12.4. The average molecular weight is 326 g/mol. The summed E-state index contributed by atoms with van der Waals surface area (Å²) in [6, 6.07) is 0.541. The molecule has 0 spiro atoms. The lowest BCUT2D eigenvalue weighted by atomic mass is 10.1. The van der Waals surface area contributed by atoms with Gasteiger partial charge in [-0.2, -0.15) is 0 Å². The number of hydrogen-bond donors (Lipinski definition) is 1. The van der Waals surface area contributed by atoms with Gasteiger partial charge in [-0.3, -0.25) is 4.90 Å². The quantitative estimate of drug-likeness (QED) is 0.777. The largest absolute Gasteiger partial charge is 0.336 e. The molecule has 23 heavy (non-hydrogen) atoms. The van der Waals surface area contributed by atoms with Gasteiger partial charge in [-0.25, -0.2) is 4.79 Å². The fourth-order valence-electron chi connectivity index (χ4n) is 3.72. The van der Waals surface area contributed by atoms with Gasteiger partial charge in [0.2, 0.25) is 0 Å². The molecule has 0 aromatic carbocycles. The van der Waals surface area contributed by atoms with Gasteiger partial charge in [0.15, 0.2) is 0 Å². The highest BCUT2D eigenvalue weighted by Gasteiger charge is 2.28. The number of amides is 2. The minimum atomic E-state index is 0.118. The predicted octanol–water partition coefficient (Wildman–Crippen LogP) is 0.606. The molecule has 2 rings (SSSR count). The van der Waals surface area contributed by atoms with E-state index in [1.165, 1.54) is 6.42 Å². The minimum absolute atomic E-state index is 0.118. The fourth-order valence-corrected chi connectivity index (χ4v) is 3.72. The molecule has 2 fully saturated rings. The van der Waals surface area contributed by atoms with E-state index in [1.807, 2.05) is 4.90 Å². The van der Waals surface area contributed by atoms with Gasteiger partial charge in [-0.05, 0) is 46.4 Å². The monoisotopic (exact) mass is 325 g/mol. The van der Waals surface area contributed by atoms with Crippen molar-refractivity contribution in [1.82, 2.24) is 24.9 Å². The van der Waals surface area contributed by atoms with Crippen molar-refractivity contribution in [3.63, 3.8) is 0 Å². The lowest BCUT2D eigenvalue weighted by Gasteiger charge is -2.37. The average Bonchev–Trinajstić information content (AvgIpc) is 2.96. The van der Waals surface area contributed by atoms with Crippen LogP contribution in [-0.2, 0) is 0 Å². The lowest BCUT2D eigenvalue weighted by molar-refractivity contribution is 0.113. The number of urea groups is 1. The molecule has 0 aliphatic carbocycles. The van der Waals surface area contributed by atoms with E-state index in [9.17, 15) is 4.79 Å². The molecule has 0 saturated carbocycles. The molecule has 0 radical (unpaired) electrons. The van der Waals surface area contributed by atoms with E-state index in [1.54, 1.807) is 0 Å². The highest BCUT2D eigenvalue weighted by atomic mass is 16.2. The molecule has 0 aromatic heterocycles. The Morgan fingerprint density at radius 2 is 2.00 bits per heavy atom. The van der Waals surface area contributed by atoms with Gasteiger partial charge in [0.05, 0.1) is 0 Å². The van der Waals surface area contributed by atoms with Crippen LogP contribution in [0.2, 0.25) is 0 Å². The first-order valence-electron chi connectivity index (χ1n) is 9.09. The third-order valence-electron chi connectivity index (χ3n) is 5.22. The number of carbonyl (C=O) groups is 1. The smallest absolute Gasteiger partial charge is 0.317 e. The summed E-state index contributed by atoms with van der Waals surface area (Å²) in [4.78, 5) is 21.5. The van der Waals surface area contributed by atoms with Gasteiger partial charge in [0.1, 0.15) is 0 Å². The summed E-state index contributed by atoms with van der Waals surface area (Å²) in [6.07, 6.45) is 2.32. The van der Waals surface area contributed by atoms with Crippen molar-refractivity contribution >= 4 is 6.03 Å². The molecule has 6 heteroatoms. The van der Waals surface area contributed by atoms with Crippen LogP contribution in [0.5, 0.6) is 0 Å². The van der Waals surface area contributed by atoms with E-state index in [-0.39, 0.29) is 6.03 Å². The third kappa shape index (κ3) is 5.62. The number of piperazine rings is 1. The van der Waals surface area contributed by atoms with Crippen LogP contribution in [0.15, 0.2) is 0 Å². The van der Waals surface area contributed by atoms with Crippen molar-refractivity contribution in [2.45, 2.75) is 25.8 Å². The first-order valence-corrected chi connectivity index (χ1v) is 9.09. The van der Waals surface area contributed by atoms with E-state index >= 15 is 0 Å². The topological polar surface area (TPSA) is 42.1 Å². The maximum Gasteiger partial charge on any atom is 0.317 e. The molecule has 2 aliphatic rings. The Kier molecular flexibility index (Phi) is 7.11. The standard InChI is InChI=1S/C17H35N5O/c1-5-7-19(2)12-15-6-8-22(13-15)17(23)18-11-16-14-20(3)9-10-21(16)4/h15-16H,5-14H2,1-4H3,(H,18,23)/t15-,16+/m1/s1. The molecular formula is C17H35N5O. The molecule has 0 unspecified atom stereocenters. The molecule has 1 N–H and O–H groups in total. The Labute approximate surface area is 141 Å². The molecule has 2 heterocycles.